The number of hydrogen-bond acceptors (Lipinski definition) is 5. The monoisotopic (exact) mass is 392 g/mol. The molecule has 7 heteroatoms. The number of nitrogens with one attached hydrogen (secondary N) is 1. The fourth-order valence-electron chi connectivity index (χ4n) is 3.28. The van der Waals surface area contributed by atoms with E-state index in [9.17, 15) is 14.4 Å². The van der Waals surface area contributed by atoms with E-state index in [1.165, 1.54) is 4.90 Å². The summed E-state index contributed by atoms with van der Waals surface area (Å²) < 4.78 is 0. The number of likely N-dealkylation sites (N-methyl/N-ethyl adjacent to an activating group) is 1. The van der Waals surface area contributed by atoms with E-state index < -0.39 is 0 Å². The second-order valence-electron chi connectivity index (χ2n) is 7.06. The predicted molar refractivity (Wildman–Crippen MR) is 111 cm³/mol. The molecule has 7 nitrogen and oxygen atoms in total. The standard InChI is InChI=1S/C22H24N4O3/c1-25(2)22(29)21-17(15-27)6-5-13-26(21)14-20(28)24-18-10-8-16(9-11-18)19-7-3-4-12-23-19/h3-4,7-12,15H,5-6,13-14H2,1-2H3,(H,24,28). The van der Waals surface area contributed by atoms with Gasteiger partial charge in [-0.15, -0.1) is 0 Å². The van der Waals surface area contributed by atoms with Crippen LogP contribution in [0.2, 0.25) is 0 Å². The van der Waals surface area contributed by atoms with Gasteiger partial charge in [-0.1, -0.05) is 18.2 Å². The van der Waals surface area contributed by atoms with Gasteiger partial charge in [0, 0.05) is 43.7 Å². The zero-order chi connectivity index (χ0) is 20.8. The van der Waals surface area contributed by atoms with Crippen LogP contribution in [0.1, 0.15) is 12.8 Å². The molecule has 2 amide bonds. The highest BCUT2D eigenvalue weighted by Gasteiger charge is 2.28. The van der Waals surface area contributed by atoms with Gasteiger partial charge in [0.1, 0.15) is 12.0 Å². The Labute approximate surface area is 170 Å². The summed E-state index contributed by atoms with van der Waals surface area (Å²) in [5.41, 5.74) is 3.24. The van der Waals surface area contributed by atoms with Gasteiger partial charge in [0.15, 0.2) is 0 Å². The second-order valence-corrected chi connectivity index (χ2v) is 7.06. The highest BCUT2D eigenvalue weighted by atomic mass is 16.2. The summed E-state index contributed by atoms with van der Waals surface area (Å²) in [6.45, 7) is 0.562. The number of rotatable bonds is 6. The normalized spacial score (nSPS) is 13.8. The summed E-state index contributed by atoms with van der Waals surface area (Å²) in [7, 11) is 3.27. The van der Waals surface area contributed by atoms with Gasteiger partial charge in [0.05, 0.1) is 12.2 Å². The Hall–Kier alpha value is -3.48. The number of benzene rings is 1. The van der Waals surface area contributed by atoms with E-state index >= 15 is 0 Å². The van der Waals surface area contributed by atoms with Crippen LogP contribution >= 0.6 is 0 Å². The van der Waals surface area contributed by atoms with Crippen molar-refractivity contribution in [3.8, 4) is 11.3 Å². The van der Waals surface area contributed by atoms with Crippen molar-refractivity contribution in [3.63, 3.8) is 0 Å². The van der Waals surface area contributed by atoms with E-state index in [-0.39, 0.29) is 18.4 Å². The largest absolute Gasteiger partial charge is 0.357 e. The van der Waals surface area contributed by atoms with E-state index in [0.717, 1.165) is 24.0 Å². The lowest BCUT2D eigenvalue weighted by molar-refractivity contribution is -0.127. The molecule has 0 aliphatic carbocycles. The average Bonchev–Trinajstić information content (AvgIpc) is 2.74. The topological polar surface area (TPSA) is 82.6 Å². The Balaban J connectivity index is 1.69. The van der Waals surface area contributed by atoms with Gasteiger partial charge in [0.2, 0.25) is 5.91 Å². The smallest absolute Gasteiger partial charge is 0.270 e. The first-order valence-corrected chi connectivity index (χ1v) is 9.46. The molecule has 0 unspecified atom stereocenters. The third-order valence-corrected chi connectivity index (χ3v) is 4.71. The predicted octanol–water partition coefficient (Wildman–Crippen LogP) is 2.32. The number of anilines is 1. The summed E-state index contributed by atoms with van der Waals surface area (Å²) in [4.78, 5) is 43.9. The van der Waals surface area contributed by atoms with E-state index in [4.69, 9.17) is 0 Å². The highest BCUT2D eigenvalue weighted by Crippen LogP contribution is 2.23. The van der Waals surface area contributed by atoms with Crippen molar-refractivity contribution in [3.05, 3.63) is 59.9 Å². The first-order chi connectivity index (χ1) is 14.0. The molecule has 2 aromatic rings. The van der Waals surface area contributed by atoms with Crippen molar-refractivity contribution in [2.45, 2.75) is 12.8 Å². The lowest BCUT2D eigenvalue weighted by Gasteiger charge is -2.32. The lowest BCUT2D eigenvalue weighted by Crippen LogP contribution is -2.42. The molecule has 1 aliphatic heterocycles. The van der Waals surface area contributed by atoms with Crippen molar-refractivity contribution in [2.24, 2.45) is 0 Å². The van der Waals surface area contributed by atoms with Crippen molar-refractivity contribution in [2.75, 3.05) is 32.5 Å². The van der Waals surface area contributed by atoms with E-state index in [2.05, 4.69) is 10.3 Å². The molecule has 0 atom stereocenters. The van der Waals surface area contributed by atoms with Gasteiger partial charge in [-0.3, -0.25) is 19.4 Å². The molecular weight excluding hydrogens is 368 g/mol. The van der Waals surface area contributed by atoms with Gasteiger partial charge in [-0.2, -0.15) is 0 Å². The molecule has 0 radical (unpaired) electrons. The fraction of sp³-hybridized carbons (Fsp3) is 0.273. The van der Waals surface area contributed by atoms with Crippen molar-refractivity contribution in [1.29, 1.82) is 0 Å². The zero-order valence-electron chi connectivity index (χ0n) is 16.6. The average molecular weight is 392 g/mol. The molecule has 0 saturated heterocycles. The number of aldehydes is 1. The second kappa shape index (κ2) is 9.14. The molecule has 1 N–H and O–H groups in total. The van der Waals surface area contributed by atoms with Gasteiger partial charge >= 0.3 is 0 Å². The Kier molecular flexibility index (Phi) is 6.39. The number of amides is 2. The molecule has 0 saturated carbocycles. The molecule has 0 fully saturated rings. The molecule has 29 heavy (non-hydrogen) atoms. The summed E-state index contributed by atoms with van der Waals surface area (Å²) in [6, 6.07) is 13.1. The number of carbonyl (C=O) groups excluding carboxylic acids is 3. The molecular formula is C22H24N4O3. The number of hydrogen-bond donors (Lipinski definition) is 1. The molecule has 1 aliphatic rings. The molecule has 150 valence electrons. The van der Waals surface area contributed by atoms with Gasteiger partial charge < -0.3 is 15.1 Å². The maximum atomic E-state index is 12.6. The molecule has 3 rings (SSSR count). The van der Waals surface area contributed by atoms with Crippen LogP contribution in [0.4, 0.5) is 5.69 Å². The molecule has 2 heterocycles. The highest BCUT2D eigenvalue weighted by molar-refractivity contribution is 6.00. The minimum absolute atomic E-state index is 0.00818. The third-order valence-electron chi connectivity index (χ3n) is 4.71. The van der Waals surface area contributed by atoms with Crippen LogP contribution in [-0.4, -0.2) is 60.1 Å². The third kappa shape index (κ3) is 4.87. The number of aromatic nitrogens is 1. The molecule has 0 spiro atoms. The maximum absolute atomic E-state index is 12.6. The van der Waals surface area contributed by atoms with Crippen molar-refractivity contribution >= 4 is 23.8 Å². The van der Waals surface area contributed by atoms with E-state index in [1.54, 1.807) is 25.2 Å². The summed E-state index contributed by atoms with van der Waals surface area (Å²) in [5.74, 6) is -0.508. The van der Waals surface area contributed by atoms with Gasteiger partial charge in [-0.25, -0.2) is 0 Å². The van der Waals surface area contributed by atoms with Crippen LogP contribution in [0.15, 0.2) is 59.9 Å². The molecule has 0 bridgehead atoms. The van der Waals surface area contributed by atoms with Crippen LogP contribution < -0.4 is 5.32 Å². The van der Waals surface area contributed by atoms with Crippen LogP contribution in [0, 0.1) is 0 Å². The van der Waals surface area contributed by atoms with Crippen LogP contribution in [0.5, 0.6) is 0 Å². The minimum Gasteiger partial charge on any atom is -0.357 e. The Bertz CT molecular complexity index is 921. The van der Waals surface area contributed by atoms with E-state index in [0.29, 0.717) is 29.9 Å². The van der Waals surface area contributed by atoms with E-state index in [1.807, 2.05) is 42.5 Å². The number of pyridine rings is 1. The maximum Gasteiger partial charge on any atom is 0.270 e. The Morgan fingerprint density at radius 3 is 2.55 bits per heavy atom. The van der Waals surface area contributed by atoms with Crippen molar-refractivity contribution in [1.82, 2.24) is 14.8 Å². The van der Waals surface area contributed by atoms with Gasteiger partial charge in [0.25, 0.3) is 5.91 Å². The SMILES string of the molecule is CN(C)C(=O)C1=C(C=O)CCCN1CC(=O)Nc1ccc(-c2ccccn2)cc1. The number of nitrogens with zero attached hydrogens (tertiary/aromatic N) is 3. The molecule has 1 aromatic carbocycles. The first-order valence-electron chi connectivity index (χ1n) is 9.46. The van der Waals surface area contributed by atoms with Crippen LogP contribution in [0.3, 0.4) is 0 Å². The van der Waals surface area contributed by atoms with Crippen LogP contribution in [-0.2, 0) is 14.4 Å². The van der Waals surface area contributed by atoms with Crippen LogP contribution in [0.25, 0.3) is 11.3 Å². The first kappa shape index (κ1) is 20.3. The summed E-state index contributed by atoms with van der Waals surface area (Å²) in [6.07, 6.45) is 3.73. The summed E-state index contributed by atoms with van der Waals surface area (Å²) >= 11 is 0. The Morgan fingerprint density at radius 2 is 1.93 bits per heavy atom. The number of carbonyl (C=O) groups is 3. The van der Waals surface area contributed by atoms with Gasteiger partial charge in [-0.05, 0) is 37.1 Å². The quantitative estimate of drug-likeness (QED) is 0.763. The Morgan fingerprint density at radius 1 is 1.17 bits per heavy atom. The van der Waals surface area contributed by atoms with Crippen molar-refractivity contribution < 1.29 is 14.4 Å². The summed E-state index contributed by atoms with van der Waals surface area (Å²) in [5, 5.41) is 2.85. The molecule has 1 aromatic heterocycles. The minimum atomic E-state index is -0.265. The fourth-order valence-corrected chi connectivity index (χ4v) is 3.28. The number of allylic oxidation sites excluding steroid dienone is 1. The lowest BCUT2D eigenvalue weighted by atomic mass is 10.0. The zero-order valence-corrected chi connectivity index (χ0v) is 16.6.